The largest absolute Gasteiger partial charge is 0.496 e. The SMILES string of the molecule is CCOC(=O)C1=C(COC(=O)/C=C/c2ccccc2OC)NC(=O)NC1c1ccco1. The highest BCUT2D eigenvalue weighted by Gasteiger charge is 2.35. The van der Waals surface area contributed by atoms with Gasteiger partial charge in [0.25, 0.3) is 0 Å². The molecule has 162 valence electrons. The monoisotopic (exact) mass is 426 g/mol. The Balaban J connectivity index is 1.79. The van der Waals surface area contributed by atoms with Crippen molar-refractivity contribution in [1.82, 2.24) is 10.6 Å². The van der Waals surface area contributed by atoms with Gasteiger partial charge in [0.1, 0.15) is 24.2 Å². The van der Waals surface area contributed by atoms with E-state index < -0.39 is 24.0 Å². The van der Waals surface area contributed by atoms with Crippen molar-refractivity contribution >= 4 is 24.0 Å². The highest BCUT2D eigenvalue weighted by atomic mass is 16.5. The van der Waals surface area contributed by atoms with E-state index in [1.54, 1.807) is 37.3 Å². The quantitative estimate of drug-likeness (QED) is 0.492. The summed E-state index contributed by atoms with van der Waals surface area (Å²) in [6.07, 6.45) is 4.21. The number of methoxy groups -OCH3 is 1. The van der Waals surface area contributed by atoms with Gasteiger partial charge in [0.05, 0.1) is 31.2 Å². The lowest BCUT2D eigenvalue weighted by Gasteiger charge is -2.27. The molecule has 0 fully saturated rings. The highest BCUT2D eigenvalue weighted by molar-refractivity contribution is 5.95. The molecule has 1 unspecified atom stereocenters. The number of nitrogens with one attached hydrogen (secondary N) is 2. The molecule has 0 spiro atoms. The molecule has 3 rings (SSSR count). The summed E-state index contributed by atoms with van der Waals surface area (Å²) in [7, 11) is 1.53. The molecule has 2 N–H and O–H groups in total. The van der Waals surface area contributed by atoms with Crippen LogP contribution in [-0.4, -0.2) is 38.3 Å². The first-order chi connectivity index (χ1) is 15.0. The van der Waals surface area contributed by atoms with E-state index in [4.69, 9.17) is 18.6 Å². The van der Waals surface area contributed by atoms with E-state index in [9.17, 15) is 14.4 Å². The lowest BCUT2D eigenvalue weighted by atomic mass is 10.0. The molecule has 9 heteroatoms. The molecule has 2 aromatic rings. The Bertz CT molecular complexity index is 1010. The number of hydrogen-bond acceptors (Lipinski definition) is 7. The Hall–Kier alpha value is -4.01. The molecule has 0 saturated carbocycles. The van der Waals surface area contributed by atoms with E-state index in [-0.39, 0.29) is 24.5 Å². The molecule has 1 aliphatic rings. The molecule has 1 atom stereocenters. The van der Waals surface area contributed by atoms with Crippen LogP contribution >= 0.6 is 0 Å². The van der Waals surface area contributed by atoms with Gasteiger partial charge in [-0.3, -0.25) is 0 Å². The molecule has 1 aromatic heterocycles. The Morgan fingerprint density at radius 1 is 1.16 bits per heavy atom. The molecule has 9 nitrogen and oxygen atoms in total. The number of benzene rings is 1. The van der Waals surface area contributed by atoms with Gasteiger partial charge in [0, 0.05) is 11.6 Å². The summed E-state index contributed by atoms with van der Waals surface area (Å²) in [5.74, 6) is -0.375. The minimum atomic E-state index is -0.874. The van der Waals surface area contributed by atoms with E-state index in [2.05, 4.69) is 10.6 Å². The van der Waals surface area contributed by atoms with Gasteiger partial charge in [-0.25, -0.2) is 14.4 Å². The van der Waals surface area contributed by atoms with E-state index in [1.165, 1.54) is 19.4 Å². The number of rotatable bonds is 8. The summed E-state index contributed by atoms with van der Waals surface area (Å²) >= 11 is 0. The number of carbonyl (C=O) groups excluding carboxylic acids is 3. The van der Waals surface area contributed by atoms with Gasteiger partial charge < -0.3 is 29.3 Å². The maximum atomic E-state index is 12.6. The second-order valence-electron chi connectivity index (χ2n) is 6.34. The van der Waals surface area contributed by atoms with Crippen LogP contribution < -0.4 is 15.4 Å². The highest BCUT2D eigenvalue weighted by Crippen LogP contribution is 2.28. The van der Waals surface area contributed by atoms with E-state index in [0.717, 1.165) is 0 Å². The smallest absolute Gasteiger partial charge is 0.338 e. The maximum absolute atomic E-state index is 12.6. The Labute approximate surface area is 178 Å². The first kappa shape index (κ1) is 21.7. The summed E-state index contributed by atoms with van der Waals surface area (Å²) in [6.45, 7) is 1.46. The summed E-state index contributed by atoms with van der Waals surface area (Å²) in [5, 5.41) is 5.13. The summed E-state index contributed by atoms with van der Waals surface area (Å²) in [4.78, 5) is 36.9. The molecule has 2 amide bonds. The van der Waals surface area contributed by atoms with Gasteiger partial charge in [0.2, 0.25) is 0 Å². The average Bonchev–Trinajstić information content (AvgIpc) is 3.31. The van der Waals surface area contributed by atoms with Crippen LogP contribution in [0.4, 0.5) is 4.79 Å². The fraction of sp³-hybridized carbons (Fsp3) is 0.227. The Morgan fingerprint density at radius 2 is 1.97 bits per heavy atom. The van der Waals surface area contributed by atoms with Gasteiger partial charge in [-0.15, -0.1) is 0 Å². The summed E-state index contributed by atoms with van der Waals surface area (Å²) in [5.41, 5.74) is 0.905. The van der Waals surface area contributed by atoms with E-state index >= 15 is 0 Å². The minimum absolute atomic E-state index is 0.0953. The maximum Gasteiger partial charge on any atom is 0.338 e. The average molecular weight is 426 g/mol. The van der Waals surface area contributed by atoms with Crippen molar-refractivity contribution in [3.8, 4) is 5.75 Å². The summed E-state index contributed by atoms with van der Waals surface area (Å²) in [6, 6.07) is 8.98. The van der Waals surface area contributed by atoms with Crippen molar-refractivity contribution in [2.45, 2.75) is 13.0 Å². The van der Waals surface area contributed by atoms with Crippen LogP contribution in [0.2, 0.25) is 0 Å². The zero-order chi connectivity index (χ0) is 22.2. The second kappa shape index (κ2) is 10.1. The lowest BCUT2D eigenvalue weighted by Crippen LogP contribution is -2.47. The molecule has 1 aromatic carbocycles. The third kappa shape index (κ3) is 5.33. The summed E-state index contributed by atoms with van der Waals surface area (Å²) < 4.78 is 20.9. The molecule has 31 heavy (non-hydrogen) atoms. The third-order valence-corrected chi connectivity index (χ3v) is 4.37. The standard InChI is InChI=1S/C22H22N2O7/c1-3-29-21(26)19-15(23-22(27)24-20(19)17-9-6-12-30-17)13-31-18(25)11-10-14-7-4-5-8-16(14)28-2/h4-12,20H,3,13H2,1-2H3,(H2,23,24,27)/b11-10+. The van der Waals surface area contributed by atoms with Crippen LogP contribution in [0.15, 0.2) is 64.4 Å². The minimum Gasteiger partial charge on any atom is -0.496 e. The van der Waals surface area contributed by atoms with E-state index in [1.807, 2.05) is 12.1 Å². The van der Waals surface area contributed by atoms with Crippen molar-refractivity contribution in [1.29, 1.82) is 0 Å². The number of carbonyl (C=O) groups is 3. The first-order valence-electron chi connectivity index (χ1n) is 9.52. The first-order valence-corrected chi connectivity index (χ1v) is 9.52. The van der Waals surface area contributed by atoms with Crippen molar-refractivity contribution in [2.75, 3.05) is 20.3 Å². The van der Waals surface area contributed by atoms with Gasteiger partial charge in [0.15, 0.2) is 0 Å². The van der Waals surface area contributed by atoms with Crippen molar-refractivity contribution < 1.29 is 33.0 Å². The molecule has 1 aliphatic heterocycles. The van der Waals surface area contributed by atoms with Gasteiger partial charge in [-0.05, 0) is 31.2 Å². The van der Waals surface area contributed by atoms with Gasteiger partial charge in [-0.1, -0.05) is 18.2 Å². The van der Waals surface area contributed by atoms with Crippen LogP contribution in [0.3, 0.4) is 0 Å². The third-order valence-electron chi connectivity index (χ3n) is 4.37. The van der Waals surface area contributed by atoms with Crippen LogP contribution in [0.5, 0.6) is 5.75 Å². The second-order valence-corrected chi connectivity index (χ2v) is 6.34. The predicted octanol–water partition coefficient (Wildman–Crippen LogP) is 2.72. The molecule has 0 aliphatic carbocycles. The Kier molecular flexibility index (Phi) is 7.10. The van der Waals surface area contributed by atoms with Gasteiger partial charge >= 0.3 is 18.0 Å². The van der Waals surface area contributed by atoms with Crippen LogP contribution in [-0.2, 0) is 19.1 Å². The number of esters is 2. The molecule has 0 bridgehead atoms. The fourth-order valence-corrected chi connectivity index (χ4v) is 3.00. The molecular weight excluding hydrogens is 404 g/mol. The zero-order valence-electron chi connectivity index (χ0n) is 17.0. The Morgan fingerprint density at radius 3 is 2.68 bits per heavy atom. The molecule has 0 saturated heterocycles. The van der Waals surface area contributed by atoms with Crippen LogP contribution in [0, 0.1) is 0 Å². The molecule has 2 heterocycles. The number of hydrogen-bond donors (Lipinski definition) is 2. The van der Waals surface area contributed by atoms with Crippen molar-refractivity contribution in [3.05, 3.63) is 71.3 Å². The number of ether oxygens (including phenoxy) is 3. The normalized spacial score (nSPS) is 15.9. The zero-order valence-corrected chi connectivity index (χ0v) is 17.0. The van der Waals surface area contributed by atoms with Crippen molar-refractivity contribution in [3.63, 3.8) is 0 Å². The number of para-hydroxylation sites is 1. The number of amides is 2. The van der Waals surface area contributed by atoms with Crippen LogP contribution in [0.25, 0.3) is 6.08 Å². The molecular formula is C22H22N2O7. The van der Waals surface area contributed by atoms with Crippen LogP contribution in [0.1, 0.15) is 24.3 Å². The van der Waals surface area contributed by atoms with Gasteiger partial charge in [-0.2, -0.15) is 0 Å². The predicted molar refractivity (Wildman–Crippen MR) is 110 cm³/mol. The van der Waals surface area contributed by atoms with Crippen molar-refractivity contribution in [2.24, 2.45) is 0 Å². The lowest BCUT2D eigenvalue weighted by molar-refractivity contribution is -0.140. The number of furan rings is 1. The topological polar surface area (TPSA) is 116 Å². The fourth-order valence-electron chi connectivity index (χ4n) is 3.00. The molecule has 0 radical (unpaired) electrons. The number of urea groups is 1. The van der Waals surface area contributed by atoms with E-state index in [0.29, 0.717) is 17.1 Å².